The van der Waals surface area contributed by atoms with Crippen molar-refractivity contribution in [1.29, 1.82) is 0 Å². The van der Waals surface area contributed by atoms with Crippen LogP contribution in [0.1, 0.15) is 12.0 Å². The average molecular weight is 272 g/mol. The largest absolute Gasteiger partial charge is 0.384 e. The molecule has 0 saturated heterocycles. The van der Waals surface area contributed by atoms with Crippen molar-refractivity contribution in [2.24, 2.45) is 0 Å². The molecule has 2 aromatic rings. The predicted octanol–water partition coefficient (Wildman–Crippen LogP) is 3.57. The third-order valence-electron chi connectivity index (χ3n) is 2.84. The Morgan fingerprint density at radius 2 is 1.85 bits per heavy atom. The molecule has 0 unspecified atom stereocenters. The van der Waals surface area contributed by atoms with Gasteiger partial charge in [-0.2, -0.15) is 0 Å². The SMILES string of the molecule is Cc1ccc(NC(=O)CCNc2cccc(F)c2)cc1. The number of anilines is 2. The standard InChI is InChI=1S/C16H17FN2O/c1-12-5-7-14(8-6-12)19-16(20)9-10-18-15-4-2-3-13(17)11-15/h2-8,11,18H,9-10H2,1H3,(H,19,20). The van der Waals surface area contributed by atoms with Crippen LogP contribution in [0.4, 0.5) is 15.8 Å². The van der Waals surface area contributed by atoms with Crippen LogP contribution in [0.3, 0.4) is 0 Å². The highest BCUT2D eigenvalue weighted by Crippen LogP contribution is 2.10. The highest BCUT2D eigenvalue weighted by Gasteiger charge is 2.02. The van der Waals surface area contributed by atoms with Crippen molar-refractivity contribution < 1.29 is 9.18 Å². The van der Waals surface area contributed by atoms with Crippen LogP contribution in [-0.2, 0) is 4.79 Å². The van der Waals surface area contributed by atoms with E-state index in [1.807, 2.05) is 31.2 Å². The zero-order valence-corrected chi connectivity index (χ0v) is 11.3. The number of benzene rings is 2. The van der Waals surface area contributed by atoms with Crippen LogP contribution in [0.15, 0.2) is 48.5 Å². The molecule has 0 saturated carbocycles. The van der Waals surface area contributed by atoms with Gasteiger partial charge in [0.15, 0.2) is 0 Å². The Balaban J connectivity index is 1.76. The zero-order valence-electron chi connectivity index (χ0n) is 11.3. The van der Waals surface area contributed by atoms with E-state index in [9.17, 15) is 9.18 Å². The molecule has 2 rings (SSSR count). The lowest BCUT2D eigenvalue weighted by Gasteiger charge is -2.08. The normalized spacial score (nSPS) is 10.1. The third kappa shape index (κ3) is 4.39. The van der Waals surface area contributed by atoms with E-state index < -0.39 is 0 Å². The molecule has 0 atom stereocenters. The maximum atomic E-state index is 13.0. The number of carbonyl (C=O) groups excluding carboxylic acids is 1. The molecule has 2 N–H and O–H groups in total. The van der Waals surface area contributed by atoms with Gasteiger partial charge in [0.25, 0.3) is 0 Å². The number of amides is 1. The molecule has 0 aliphatic rings. The first-order valence-corrected chi connectivity index (χ1v) is 6.49. The lowest BCUT2D eigenvalue weighted by molar-refractivity contribution is -0.115. The number of nitrogens with one attached hydrogen (secondary N) is 2. The predicted molar refractivity (Wildman–Crippen MR) is 79.3 cm³/mol. The van der Waals surface area contributed by atoms with Gasteiger partial charge in [0.05, 0.1) is 0 Å². The molecule has 0 heterocycles. The van der Waals surface area contributed by atoms with Crippen LogP contribution in [0.2, 0.25) is 0 Å². The maximum absolute atomic E-state index is 13.0. The Labute approximate surface area is 117 Å². The first-order chi connectivity index (χ1) is 9.63. The van der Waals surface area contributed by atoms with E-state index in [0.717, 1.165) is 11.3 Å². The Hall–Kier alpha value is -2.36. The lowest BCUT2D eigenvalue weighted by atomic mass is 10.2. The van der Waals surface area contributed by atoms with Gasteiger partial charge in [-0.25, -0.2) is 4.39 Å². The summed E-state index contributed by atoms with van der Waals surface area (Å²) in [7, 11) is 0. The van der Waals surface area contributed by atoms with Gasteiger partial charge >= 0.3 is 0 Å². The fourth-order valence-corrected chi connectivity index (χ4v) is 1.78. The van der Waals surface area contributed by atoms with E-state index in [-0.39, 0.29) is 11.7 Å². The molecular weight excluding hydrogens is 255 g/mol. The van der Waals surface area contributed by atoms with Gasteiger partial charge in [-0.1, -0.05) is 23.8 Å². The van der Waals surface area contributed by atoms with Crippen LogP contribution in [-0.4, -0.2) is 12.5 Å². The summed E-state index contributed by atoms with van der Waals surface area (Å²) in [5.41, 5.74) is 2.61. The zero-order chi connectivity index (χ0) is 14.4. The van der Waals surface area contributed by atoms with Crippen molar-refractivity contribution in [3.8, 4) is 0 Å². The summed E-state index contributed by atoms with van der Waals surface area (Å²) in [5, 5.41) is 5.82. The third-order valence-corrected chi connectivity index (χ3v) is 2.84. The van der Waals surface area contributed by atoms with Gasteiger partial charge in [0.1, 0.15) is 5.82 Å². The molecule has 0 fully saturated rings. The molecule has 4 heteroatoms. The smallest absolute Gasteiger partial charge is 0.226 e. The number of carbonyl (C=O) groups is 1. The number of hydrogen-bond acceptors (Lipinski definition) is 2. The Kier molecular flexibility index (Phi) is 4.71. The molecule has 0 spiro atoms. The van der Waals surface area contributed by atoms with Gasteiger partial charge in [-0.15, -0.1) is 0 Å². The van der Waals surface area contributed by atoms with Gasteiger partial charge in [-0.05, 0) is 37.3 Å². The first kappa shape index (κ1) is 14.1. The topological polar surface area (TPSA) is 41.1 Å². The van der Waals surface area contributed by atoms with Crippen molar-refractivity contribution in [1.82, 2.24) is 0 Å². The summed E-state index contributed by atoms with van der Waals surface area (Å²) in [6, 6.07) is 13.8. The first-order valence-electron chi connectivity index (χ1n) is 6.49. The quantitative estimate of drug-likeness (QED) is 0.873. The molecule has 2 aromatic carbocycles. The van der Waals surface area contributed by atoms with E-state index >= 15 is 0 Å². The molecular formula is C16H17FN2O. The van der Waals surface area contributed by atoms with Gasteiger partial charge in [0.2, 0.25) is 5.91 Å². The van der Waals surface area contributed by atoms with E-state index in [1.54, 1.807) is 12.1 Å². The summed E-state index contributed by atoms with van der Waals surface area (Å²) < 4.78 is 13.0. The van der Waals surface area contributed by atoms with E-state index in [4.69, 9.17) is 0 Å². The second kappa shape index (κ2) is 6.70. The highest BCUT2D eigenvalue weighted by molar-refractivity contribution is 5.90. The second-order valence-electron chi connectivity index (χ2n) is 4.60. The summed E-state index contributed by atoms with van der Waals surface area (Å²) >= 11 is 0. The van der Waals surface area contributed by atoms with Crippen molar-refractivity contribution >= 4 is 17.3 Å². The molecule has 0 aromatic heterocycles. The Morgan fingerprint density at radius 3 is 2.55 bits per heavy atom. The molecule has 0 aliphatic heterocycles. The molecule has 1 amide bonds. The van der Waals surface area contributed by atoms with Crippen LogP contribution in [0, 0.1) is 12.7 Å². The fraction of sp³-hybridized carbons (Fsp3) is 0.188. The van der Waals surface area contributed by atoms with Crippen LogP contribution < -0.4 is 10.6 Å². The van der Waals surface area contributed by atoms with Crippen molar-refractivity contribution in [2.75, 3.05) is 17.2 Å². The molecule has 0 aliphatic carbocycles. The van der Waals surface area contributed by atoms with Crippen LogP contribution in [0.5, 0.6) is 0 Å². The van der Waals surface area contributed by atoms with Crippen LogP contribution >= 0.6 is 0 Å². The van der Waals surface area contributed by atoms with Crippen molar-refractivity contribution in [2.45, 2.75) is 13.3 Å². The van der Waals surface area contributed by atoms with E-state index in [0.29, 0.717) is 18.7 Å². The summed E-state index contributed by atoms with van der Waals surface area (Å²) in [6.45, 7) is 2.45. The van der Waals surface area contributed by atoms with Gasteiger partial charge < -0.3 is 10.6 Å². The molecule has 20 heavy (non-hydrogen) atoms. The fourth-order valence-electron chi connectivity index (χ4n) is 1.78. The van der Waals surface area contributed by atoms with Gasteiger partial charge in [-0.3, -0.25) is 4.79 Å². The minimum Gasteiger partial charge on any atom is -0.384 e. The number of halogens is 1. The number of hydrogen-bond donors (Lipinski definition) is 2. The maximum Gasteiger partial charge on any atom is 0.226 e. The van der Waals surface area contributed by atoms with Gasteiger partial charge in [0, 0.05) is 24.3 Å². The molecule has 0 bridgehead atoms. The second-order valence-corrected chi connectivity index (χ2v) is 4.60. The van der Waals surface area contributed by atoms with Crippen LogP contribution in [0.25, 0.3) is 0 Å². The molecule has 104 valence electrons. The summed E-state index contributed by atoms with van der Waals surface area (Å²) in [6.07, 6.45) is 0.324. The number of aryl methyl sites for hydroxylation is 1. The Bertz CT molecular complexity index is 581. The van der Waals surface area contributed by atoms with Crippen molar-refractivity contribution in [3.63, 3.8) is 0 Å². The van der Waals surface area contributed by atoms with E-state index in [1.165, 1.54) is 12.1 Å². The highest BCUT2D eigenvalue weighted by atomic mass is 19.1. The van der Waals surface area contributed by atoms with E-state index in [2.05, 4.69) is 10.6 Å². The summed E-state index contributed by atoms with van der Waals surface area (Å²) in [5.74, 6) is -0.364. The minimum atomic E-state index is -0.292. The average Bonchev–Trinajstić information content (AvgIpc) is 2.41. The molecule has 3 nitrogen and oxygen atoms in total. The Morgan fingerprint density at radius 1 is 1.10 bits per heavy atom. The van der Waals surface area contributed by atoms with Crippen molar-refractivity contribution in [3.05, 3.63) is 59.9 Å². The summed E-state index contributed by atoms with van der Waals surface area (Å²) in [4.78, 5) is 11.7. The molecule has 0 radical (unpaired) electrons. The lowest BCUT2D eigenvalue weighted by Crippen LogP contribution is -2.16. The monoisotopic (exact) mass is 272 g/mol. The minimum absolute atomic E-state index is 0.0715. The number of rotatable bonds is 5.